The van der Waals surface area contributed by atoms with E-state index in [0.717, 1.165) is 18.3 Å². The van der Waals surface area contributed by atoms with Gasteiger partial charge in [0, 0.05) is 41.3 Å². The summed E-state index contributed by atoms with van der Waals surface area (Å²) in [5, 5.41) is 27.8. The van der Waals surface area contributed by atoms with E-state index in [4.69, 9.17) is 21.4 Å². The molecule has 0 aliphatic rings. The van der Waals surface area contributed by atoms with E-state index in [9.17, 15) is 26.4 Å². The van der Waals surface area contributed by atoms with Crippen molar-refractivity contribution in [1.82, 2.24) is 9.71 Å². The molecule has 0 radical (unpaired) electrons. The van der Waals surface area contributed by atoms with Gasteiger partial charge in [-0.3, -0.25) is 19.8 Å². The second-order valence-corrected chi connectivity index (χ2v) is 12.2. The Kier molecular flexibility index (Phi) is 13.2. The van der Waals surface area contributed by atoms with Gasteiger partial charge in [-0.15, -0.1) is 11.3 Å². The third-order valence-electron chi connectivity index (χ3n) is 3.52. The predicted octanol–water partition coefficient (Wildman–Crippen LogP) is 0.772. The van der Waals surface area contributed by atoms with Crippen molar-refractivity contribution < 1.29 is 36.6 Å². The lowest BCUT2D eigenvalue weighted by atomic mass is 10.3. The molecule has 0 aliphatic heterocycles. The van der Waals surface area contributed by atoms with E-state index in [2.05, 4.69) is 24.7 Å². The minimum atomic E-state index is -3.87. The number of benzene rings is 1. The summed E-state index contributed by atoms with van der Waals surface area (Å²) in [4.78, 5) is 27.3. The van der Waals surface area contributed by atoms with E-state index < -0.39 is 32.0 Å². The van der Waals surface area contributed by atoms with Gasteiger partial charge in [0.2, 0.25) is 10.0 Å². The van der Waals surface area contributed by atoms with Crippen molar-refractivity contribution >= 4 is 78.2 Å². The van der Waals surface area contributed by atoms with E-state index >= 15 is 0 Å². The Bertz CT molecular complexity index is 1370. The fraction of sp³-hybridized carbons (Fsp3) is 0.211. The van der Waals surface area contributed by atoms with Gasteiger partial charge in [0.1, 0.15) is 0 Å². The first-order valence-electron chi connectivity index (χ1n) is 10.0. The van der Waals surface area contributed by atoms with Gasteiger partial charge >= 0.3 is 11.9 Å². The number of aromatic nitrogens is 1. The Hall–Kier alpha value is -3.68. The molecular weight excluding hydrogens is 583 g/mol. The zero-order chi connectivity index (χ0) is 28.8. The zero-order valence-electron chi connectivity index (χ0n) is 19.7. The fourth-order valence-electron chi connectivity index (χ4n) is 2.16. The van der Waals surface area contributed by atoms with Crippen LogP contribution < -0.4 is 20.5 Å². The van der Waals surface area contributed by atoms with Crippen molar-refractivity contribution in [3.63, 3.8) is 0 Å². The molecule has 2 rings (SSSR count). The maximum absolute atomic E-state index is 12.3. The van der Waals surface area contributed by atoms with Crippen LogP contribution in [0, 0.1) is 5.41 Å². The summed E-state index contributed by atoms with van der Waals surface area (Å²) in [6.07, 6.45) is 3.20. The molecule has 0 aliphatic carbocycles. The second kappa shape index (κ2) is 15.5. The number of carbonyl (C=O) groups is 2. The number of anilines is 2. The molecule has 1 heterocycles. The number of nitrogens with zero attached hydrogens (tertiary/aromatic N) is 2. The van der Waals surface area contributed by atoms with E-state index in [1.807, 2.05) is 5.38 Å². The van der Waals surface area contributed by atoms with Gasteiger partial charge in [0.25, 0.3) is 10.0 Å². The van der Waals surface area contributed by atoms with Crippen LogP contribution >= 0.6 is 23.1 Å². The maximum atomic E-state index is 12.3. The standard InChI is InChI=1S/C15H21N7O4S4.C4H4O4/c1-29(23,24)22-11-3-2-4-13(7-11)30(25,26)19-10-18-5-6-27-8-12-9-28-15(20-12)21-14(16)17;5-3(6)1-2-4(7)8/h2-4,7,9-10,22H,5-6,8H2,1H3,(H,18,19)(H4,16,17,20,21);1-2H,(H,5,6)(H,7,8)/b;2-1-. The van der Waals surface area contributed by atoms with Crippen LogP contribution in [-0.4, -0.2) is 74.8 Å². The lowest BCUT2D eigenvalue weighted by Crippen LogP contribution is -2.22. The zero-order valence-corrected chi connectivity index (χ0v) is 23.0. The van der Waals surface area contributed by atoms with Crippen LogP contribution in [0.25, 0.3) is 0 Å². The van der Waals surface area contributed by atoms with Crippen LogP contribution in [0.2, 0.25) is 0 Å². The van der Waals surface area contributed by atoms with E-state index in [-0.39, 0.29) is 16.5 Å². The SMILES string of the molecule is CS(=O)(=O)Nc1cccc(S(=O)(=O)NC=NCCSCc2csc(NC(=N)N)n2)c1.O=C(O)/C=C\C(=O)O. The normalized spacial score (nSPS) is 11.5. The number of sulfonamides is 2. The van der Waals surface area contributed by atoms with Crippen molar-refractivity contribution in [2.45, 2.75) is 10.6 Å². The molecule has 15 nitrogen and oxygen atoms in total. The molecular formula is C19H25N7O8S4. The molecule has 2 aromatic rings. The molecule has 0 spiro atoms. The van der Waals surface area contributed by atoms with Gasteiger partial charge in [0.15, 0.2) is 11.1 Å². The minimum Gasteiger partial charge on any atom is -0.478 e. The van der Waals surface area contributed by atoms with Gasteiger partial charge in [-0.1, -0.05) is 6.07 Å². The van der Waals surface area contributed by atoms with Crippen LogP contribution in [0.3, 0.4) is 0 Å². The number of nitrogens with two attached hydrogens (primary N) is 1. The summed E-state index contributed by atoms with van der Waals surface area (Å²) in [7, 11) is -7.37. The summed E-state index contributed by atoms with van der Waals surface area (Å²) < 4.78 is 51.6. The average Bonchev–Trinajstić information content (AvgIpc) is 3.23. The summed E-state index contributed by atoms with van der Waals surface area (Å²) in [5.74, 6) is -1.38. The van der Waals surface area contributed by atoms with Crippen molar-refractivity contribution in [2.75, 3.05) is 28.6 Å². The first-order chi connectivity index (χ1) is 17.7. The number of carboxylic acid groups (broad SMARTS) is 2. The fourth-order valence-corrected chi connectivity index (χ4v) is 5.17. The molecule has 0 saturated carbocycles. The quantitative estimate of drug-likeness (QED) is 0.0721. The Morgan fingerprint density at radius 2 is 1.87 bits per heavy atom. The van der Waals surface area contributed by atoms with Gasteiger partial charge in [0.05, 0.1) is 23.2 Å². The molecule has 38 heavy (non-hydrogen) atoms. The average molecular weight is 608 g/mol. The number of hydrogen-bond acceptors (Lipinski definition) is 11. The third-order valence-corrected chi connectivity index (χ3v) is 7.20. The van der Waals surface area contributed by atoms with Gasteiger partial charge in [-0.2, -0.15) is 11.8 Å². The number of thiazole rings is 1. The summed E-state index contributed by atoms with van der Waals surface area (Å²) >= 11 is 2.93. The summed E-state index contributed by atoms with van der Waals surface area (Å²) in [5.41, 5.74) is 6.24. The highest BCUT2D eigenvalue weighted by Gasteiger charge is 2.13. The highest BCUT2D eigenvalue weighted by atomic mass is 32.2. The molecule has 0 fully saturated rings. The molecule has 1 aromatic carbocycles. The Labute approximate surface area is 226 Å². The van der Waals surface area contributed by atoms with E-state index in [1.54, 1.807) is 11.8 Å². The number of thioether (sulfide) groups is 1. The second-order valence-electron chi connectivity index (χ2n) is 6.80. The number of hydrogen-bond donors (Lipinski definition) is 7. The van der Waals surface area contributed by atoms with Crippen molar-refractivity contribution in [2.24, 2.45) is 10.7 Å². The summed E-state index contributed by atoms with van der Waals surface area (Å²) in [6, 6.07) is 5.46. The monoisotopic (exact) mass is 607 g/mol. The molecule has 208 valence electrons. The van der Waals surface area contributed by atoms with Gasteiger partial charge in [-0.05, 0) is 18.2 Å². The number of aliphatic imine (C=N–C) groups is 1. The molecule has 8 N–H and O–H groups in total. The first kappa shape index (κ1) is 32.3. The van der Waals surface area contributed by atoms with Gasteiger partial charge < -0.3 is 21.3 Å². The molecule has 0 bridgehead atoms. The van der Waals surface area contributed by atoms with Crippen molar-refractivity contribution in [1.29, 1.82) is 5.41 Å². The molecule has 1 aromatic heterocycles. The molecule has 0 saturated heterocycles. The van der Waals surface area contributed by atoms with Crippen LogP contribution in [0.4, 0.5) is 10.8 Å². The van der Waals surface area contributed by atoms with Gasteiger partial charge in [-0.25, -0.2) is 31.4 Å². The molecule has 19 heteroatoms. The molecule has 0 unspecified atom stereocenters. The Balaban J connectivity index is 0.000000781. The van der Waals surface area contributed by atoms with Crippen LogP contribution in [-0.2, 0) is 35.4 Å². The van der Waals surface area contributed by atoms with Crippen molar-refractivity contribution in [3.8, 4) is 0 Å². The topological polar surface area (TPSA) is 254 Å². The number of aliphatic carboxylic acids is 2. The lowest BCUT2D eigenvalue weighted by molar-refractivity contribution is -0.134. The number of carboxylic acids is 2. The number of guanidine groups is 1. The first-order valence-corrected chi connectivity index (χ1v) is 15.4. The number of rotatable bonds is 13. The van der Waals surface area contributed by atoms with Crippen molar-refractivity contribution in [3.05, 3.63) is 47.5 Å². The minimum absolute atomic E-state index is 0.0875. The smallest absolute Gasteiger partial charge is 0.328 e. The highest BCUT2D eigenvalue weighted by Crippen LogP contribution is 2.19. The number of nitrogens with one attached hydrogen (secondary N) is 4. The highest BCUT2D eigenvalue weighted by molar-refractivity contribution is 7.98. The van der Waals surface area contributed by atoms with E-state index in [1.165, 1.54) is 35.6 Å². The predicted molar refractivity (Wildman–Crippen MR) is 147 cm³/mol. The summed E-state index contributed by atoms with van der Waals surface area (Å²) in [6.45, 7) is 0.394. The largest absolute Gasteiger partial charge is 0.478 e. The lowest BCUT2D eigenvalue weighted by Gasteiger charge is -2.07. The van der Waals surface area contributed by atoms with Crippen LogP contribution in [0.1, 0.15) is 5.69 Å². The third kappa shape index (κ3) is 14.8. The maximum Gasteiger partial charge on any atom is 0.328 e. The molecule has 0 atom stereocenters. The van der Waals surface area contributed by atoms with E-state index in [0.29, 0.717) is 35.3 Å². The Morgan fingerprint density at radius 1 is 1.21 bits per heavy atom. The Morgan fingerprint density at radius 3 is 2.45 bits per heavy atom. The van der Waals surface area contributed by atoms with Crippen LogP contribution in [0.15, 0.2) is 51.7 Å². The molecule has 0 amide bonds. The van der Waals surface area contributed by atoms with Crippen LogP contribution in [0.5, 0.6) is 0 Å².